The maximum absolute atomic E-state index is 5.43. The Labute approximate surface area is 149 Å². The van der Waals surface area contributed by atoms with Crippen LogP contribution in [0.2, 0.25) is 0 Å². The van der Waals surface area contributed by atoms with Crippen LogP contribution in [0, 0.1) is 19.8 Å². The highest BCUT2D eigenvalue weighted by Gasteiger charge is 2.43. The van der Waals surface area contributed by atoms with Gasteiger partial charge in [-0.1, -0.05) is 17.3 Å². The van der Waals surface area contributed by atoms with Crippen molar-refractivity contribution >= 4 is 5.69 Å². The van der Waals surface area contributed by atoms with Gasteiger partial charge in [0.05, 0.1) is 11.9 Å². The Morgan fingerprint density at radius 3 is 2.44 bits per heavy atom. The molecule has 4 atom stereocenters. The molecule has 2 fully saturated rings. The van der Waals surface area contributed by atoms with Crippen molar-refractivity contribution in [2.45, 2.75) is 38.3 Å². The van der Waals surface area contributed by atoms with E-state index < -0.39 is 0 Å². The van der Waals surface area contributed by atoms with Crippen LogP contribution < -0.4 is 15.5 Å². The first-order valence-electron chi connectivity index (χ1n) is 9.21. The number of fused-ring (bicyclic) bond motifs is 1. The summed E-state index contributed by atoms with van der Waals surface area (Å²) in [6.07, 6.45) is 1.59. The molecule has 0 amide bonds. The molecule has 25 heavy (non-hydrogen) atoms. The predicted octanol–water partition coefficient (Wildman–Crippen LogP) is 2.76. The zero-order chi connectivity index (χ0) is 17.6. The Morgan fingerprint density at radius 2 is 1.80 bits per heavy atom. The third kappa shape index (κ3) is 2.96. The molecule has 5 heteroatoms. The van der Waals surface area contributed by atoms with Crippen LogP contribution >= 0.6 is 0 Å². The fourth-order valence-corrected chi connectivity index (χ4v) is 4.63. The lowest BCUT2D eigenvalue weighted by Gasteiger charge is -2.35. The highest BCUT2D eigenvalue weighted by molar-refractivity contribution is 5.46. The molecule has 2 aromatic rings. The van der Waals surface area contributed by atoms with Crippen LogP contribution in [-0.2, 0) is 0 Å². The van der Waals surface area contributed by atoms with Gasteiger partial charge in [-0.3, -0.25) is 0 Å². The Balaban J connectivity index is 1.55. The molecule has 1 aromatic carbocycles. The van der Waals surface area contributed by atoms with Crippen LogP contribution in [-0.4, -0.2) is 38.5 Å². The van der Waals surface area contributed by atoms with Crippen LogP contribution in [0.5, 0.6) is 0 Å². The summed E-state index contributed by atoms with van der Waals surface area (Å²) < 4.78 is 5.43. The van der Waals surface area contributed by atoms with Crippen LogP contribution in [0.25, 0.3) is 0 Å². The Hall–Kier alpha value is -1.85. The van der Waals surface area contributed by atoms with Gasteiger partial charge in [0.2, 0.25) is 0 Å². The Bertz CT molecular complexity index is 717. The molecule has 2 aliphatic rings. The van der Waals surface area contributed by atoms with E-state index in [-0.39, 0.29) is 0 Å². The van der Waals surface area contributed by atoms with Gasteiger partial charge in [-0.25, -0.2) is 0 Å². The fourth-order valence-electron chi connectivity index (χ4n) is 4.63. The molecule has 0 aliphatic carbocycles. The maximum atomic E-state index is 5.43. The van der Waals surface area contributed by atoms with E-state index in [0.717, 1.165) is 24.5 Å². The molecular weight excluding hydrogens is 312 g/mol. The summed E-state index contributed by atoms with van der Waals surface area (Å²) in [7, 11) is 4.17. The lowest BCUT2D eigenvalue weighted by atomic mass is 9.76. The van der Waals surface area contributed by atoms with E-state index in [9.17, 15) is 0 Å². The van der Waals surface area contributed by atoms with Crippen LogP contribution in [0.4, 0.5) is 5.69 Å². The predicted molar refractivity (Wildman–Crippen MR) is 100 cm³/mol. The van der Waals surface area contributed by atoms with Gasteiger partial charge in [-0.15, -0.1) is 0 Å². The molecule has 3 heterocycles. The van der Waals surface area contributed by atoms with Crippen molar-refractivity contribution in [1.29, 1.82) is 0 Å². The van der Waals surface area contributed by atoms with Gasteiger partial charge in [0.25, 0.3) is 0 Å². The number of rotatable bonds is 3. The van der Waals surface area contributed by atoms with E-state index in [4.69, 9.17) is 4.52 Å². The van der Waals surface area contributed by atoms with Gasteiger partial charge in [0.1, 0.15) is 5.76 Å². The molecule has 0 bridgehead atoms. The quantitative estimate of drug-likeness (QED) is 0.900. The van der Waals surface area contributed by atoms with Crippen molar-refractivity contribution in [2.24, 2.45) is 5.92 Å². The SMILES string of the molecule is Cc1noc(C)c1C1CNC2NCC(c3ccc(N(C)C)cc3)CC21. The first-order chi connectivity index (χ1) is 12.0. The summed E-state index contributed by atoms with van der Waals surface area (Å²) in [5.74, 6) is 2.58. The molecule has 2 aliphatic heterocycles. The molecule has 0 saturated carbocycles. The second-order valence-corrected chi connectivity index (χ2v) is 7.72. The lowest BCUT2D eigenvalue weighted by Crippen LogP contribution is -2.48. The van der Waals surface area contributed by atoms with E-state index in [1.165, 1.54) is 23.2 Å². The van der Waals surface area contributed by atoms with E-state index in [0.29, 0.717) is 23.9 Å². The average Bonchev–Trinajstić information content (AvgIpc) is 3.17. The molecule has 134 valence electrons. The minimum absolute atomic E-state index is 0.399. The van der Waals surface area contributed by atoms with Crippen molar-refractivity contribution in [3.05, 3.63) is 46.8 Å². The Morgan fingerprint density at radius 1 is 1.08 bits per heavy atom. The molecule has 4 rings (SSSR count). The molecule has 5 nitrogen and oxygen atoms in total. The standard InChI is InChI=1S/C20H28N4O/c1-12-19(13(2)25-23-12)18-11-22-20-17(18)9-15(10-21-20)14-5-7-16(8-6-14)24(3)4/h5-8,15,17-18,20-22H,9-11H2,1-4H3. The molecule has 0 spiro atoms. The number of nitrogens with one attached hydrogen (secondary N) is 2. The van der Waals surface area contributed by atoms with Gasteiger partial charge >= 0.3 is 0 Å². The number of benzene rings is 1. The summed E-state index contributed by atoms with van der Waals surface area (Å²) in [6, 6.07) is 9.02. The molecule has 0 radical (unpaired) electrons. The van der Waals surface area contributed by atoms with E-state index in [1.807, 2.05) is 6.92 Å². The maximum Gasteiger partial charge on any atom is 0.137 e. The monoisotopic (exact) mass is 340 g/mol. The van der Waals surface area contributed by atoms with Gasteiger partial charge < -0.3 is 20.1 Å². The van der Waals surface area contributed by atoms with Crippen LogP contribution in [0.15, 0.2) is 28.8 Å². The largest absolute Gasteiger partial charge is 0.378 e. The molecule has 2 saturated heterocycles. The highest BCUT2D eigenvalue weighted by atomic mass is 16.5. The average molecular weight is 340 g/mol. The fraction of sp³-hybridized carbons (Fsp3) is 0.550. The summed E-state index contributed by atoms with van der Waals surface area (Å²) in [6.45, 7) is 6.13. The minimum atomic E-state index is 0.399. The first kappa shape index (κ1) is 16.6. The number of hydrogen-bond acceptors (Lipinski definition) is 5. The van der Waals surface area contributed by atoms with E-state index in [1.54, 1.807) is 0 Å². The zero-order valence-electron chi connectivity index (χ0n) is 15.5. The van der Waals surface area contributed by atoms with Crippen LogP contribution in [0.3, 0.4) is 0 Å². The second-order valence-electron chi connectivity index (χ2n) is 7.72. The van der Waals surface area contributed by atoms with Crippen molar-refractivity contribution < 1.29 is 4.52 Å². The molecular formula is C20H28N4O. The second kappa shape index (κ2) is 6.46. The number of aryl methyl sites for hydroxylation is 2. The summed E-state index contributed by atoms with van der Waals surface area (Å²) >= 11 is 0. The number of aromatic nitrogens is 1. The van der Waals surface area contributed by atoms with Crippen molar-refractivity contribution in [2.75, 3.05) is 32.1 Å². The number of anilines is 1. The van der Waals surface area contributed by atoms with Crippen molar-refractivity contribution in [3.63, 3.8) is 0 Å². The number of nitrogens with zero attached hydrogens (tertiary/aromatic N) is 2. The topological polar surface area (TPSA) is 53.3 Å². The van der Waals surface area contributed by atoms with Gasteiger partial charge in [-0.05, 0) is 49.8 Å². The summed E-state index contributed by atoms with van der Waals surface area (Å²) in [5.41, 5.74) is 5.04. The summed E-state index contributed by atoms with van der Waals surface area (Å²) in [5, 5.41) is 11.6. The van der Waals surface area contributed by atoms with Gasteiger partial charge in [0, 0.05) is 44.4 Å². The van der Waals surface area contributed by atoms with E-state index in [2.05, 4.69) is 66.0 Å². The zero-order valence-corrected chi connectivity index (χ0v) is 15.5. The minimum Gasteiger partial charge on any atom is -0.378 e. The number of hydrogen-bond donors (Lipinski definition) is 2. The normalized spacial score (nSPS) is 28.8. The van der Waals surface area contributed by atoms with Crippen LogP contribution in [0.1, 0.15) is 40.8 Å². The highest BCUT2D eigenvalue weighted by Crippen LogP contribution is 2.42. The third-order valence-electron chi connectivity index (χ3n) is 5.98. The lowest BCUT2D eigenvalue weighted by molar-refractivity contribution is 0.259. The van der Waals surface area contributed by atoms with Gasteiger partial charge in [-0.2, -0.15) is 0 Å². The Kier molecular flexibility index (Phi) is 4.29. The van der Waals surface area contributed by atoms with Crippen molar-refractivity contribution in [3.8, 4) is 0 Å². The van der Waals surface area contributed by atoms with Crippen molar-refractivity contribution in [1.82, 2.24) is 15.8 Å². The van der Waals surface area contributed by atoms with Gasteiger partial charge in [0.15, 0.2) is 0 Å². The molecule has 1 aromatic heterocycles. The molecule has 2 N–H and O–H groups in total. The first-order valence-corrected chi connectivity index (χ1v) is 9.21. The smallest absolute Gasteiger partial charge is 0.137 e. The van der Waals surface area contributed by atoms with E-state index >= 15 is 0 Å². The molecule has 4 unspecified atom stereocenters. The summed E-state index contributed by atoms with van der Waals surface area (Å²) in [4.78, 5) is 2.15. The third-order valence-corrected chi connectivity index (χ3v) is 5.98. The number of piperidine rings is 1.